The second-order valence-corrected chi connectivity index (χ2v) is 5.74. The van der Waals surface area contributed by atoms with E-state index in [0.717, 1.165) is 25.4 Å². The number of methoxy groups -OCH3 is 1. The van der Waals surface area contributed by atoms with E-state index >= 15 is 0 Å². The summed E-state index contributed by atoms with van der Waals surface area (Å²) in [6, 6.07) is 5.08. The van der Waals surface area contributed by atoms with Crippen molar-refractivity contribution in [1.82, 2.24) is 4.90 Å². The molecular formula is C16H26N2O. The van der Waals surface area contributed by atoms with Crippen LogP contribution < -0.4 is 10.5 Å². The van der Waals surface area contributed by atoms with Gasteiger partial charge in [0.25, 0.3) is 0 Å². The van der Waals surface area contributed by atoms with E-state index in [4.69, 9.17) is 10.5 Å². The first-order valence-electron chi connectivity index (χ1n) is 7.16. The van der Waals surface area contributed by atoms with E-state index in [1.54, 1.807) is 7.11 Å². The average molecular weight is 262 g/mol. The van der Waals surface area contributed by atoms with Crippen molar-refractivity contribution in [2.45, 2.75) is 39.2 Å². The lowest BCUT2D eigenvalue weighted by molar-refractivity contribution is 0.275. The van der Waals surface area contributed by atoms with Crippen LogP contribution in [0.2, 0.25) is 0 Å². The summed E-state index contributed by atoms with van der Waals surface area (Å²) in [6.45, 7) is 9.43. The van der Waals surface area contributed by atoms with Crippen LogP contribution >= 0.6 is 0 Å². The predicted molar refractivity (Wildman–Crippen MR) is 79.9 cm³/mol. The number of benzene rings is 1. The zero-order chi connectivity index (χ0) is 14.0. The van der Waals surface area contributed by atoms with Crippen molar-refractivity contribution in [2.24, 2.45) is 5.73 Å². The molecule has 1 saturated heterocycles. The Morgan fingerprint density at radius 2 is 2.00 bits per heavy atom. The van der Waals surface area contributed by atoms with Crippen molar-refractivity contribution in [1.29, 1.82) is 0 Å². The fourth-order valence-corrected chi connectivity index (χ4v) is 3.11. The van der Waals surface area contributed by atoms with E-state index in [1.165, 1.54) is 23.1 Å². The highest BCUT2D eigenvalue weighted by Crippen LogP contribution is 2.37. The lowest BCUT2D eigenvalue weighted by Gasteiger charge is -2.20. The van der Waals surface area contributed by atoms with Crippen molar-refractivity contribution in [3.63, 3.8) is 0 Å². The molecule has 0 amide bonds. The van der Waals surface area contributed by atoms with E-state index in [0.29, 0.717) is 12.0 Å². The third-order valence-corrected chi connectivity index (χ3v) is 4.41. The summed E-state index contributed by atoms with van der Waals surface area (Å²) in [7, 11) is 1.77. The van der Waals surface area contributed by atoms with Crippen molar-refractivity contribution in [3.05, 3.63) is 28.8 Å². The van der Waals surface area contributed by atoms with E-state index in [-0.39, 0.29) is 0 Å². The van der Waals surface area contributed by atoms with Gasteiger partial charge in [0.2, 0.25) is 0 Å². The summed E-state index contributed by atoms with van der Waals surface area (Å²) in [4.78, 5) is 2.49. The molecule has 1 aliphatic heterocycles. The molecule has 19 heavy (non-hydrogen) atoms. The third-order valence-electron chi connectivity index (χ3n) is 4.41. The molecule has 1 aromatic rings. The Kier molecular flexibility index (Phi) is 4.48. The Morgan fingerprint density at radius 3 is 2.63 bits per heavy atom. The Bertz CT molecular complexity index is 445. The number of nitrogens with two attached hydrogens (primary N) is 1. The minimum Gasteiger partial charge on any atom is -0.496 e. The van der Waals surface area contributed by atoms with Gasteiger partial charge in [0.05, 0.1) is 7.11 Å². The van der Waals surface area contributed by atoms with Crippen molar-refractivity contribution in [3.8, 4) is 5.75 Å². The maximum Gasteiger partial charge on any atom is 0.122 e. The smallest absolute Gasteiger partial charge is 0.122 e. The quantitative estimate of drug-likeness (QED) is 0.906. The monoisotopic (exact) mass is 262 g/mol. The highest BCUT2D eigenvalue weighted by molar-refractivity contribution is 5.44. The largest absolute Gasteiger partial charge is 0.496 e. The Hall–Kier alpha value is -1.06. The normalized spacial score (nSPS) is 23.8. The van der Waals surface area contributed by atoms with Crippen LogP contribution in [0.3, 0.4) is 0 Å². The molecule has 0 aromatic heterocycles. The molecule has 2 unspecified atom stereocenters. The lowest BCUT2D eigenvalue weighted by Crippen LogP contribution is -2.32. The molecule has 106 valence electrons. The SMILES string of the molecule is COc1cc(C)c(C)cc1C1CC(C)N(CCN)C1. The predicted octanol–water partition coefficient (Wildman–Crippen LogP) is 2.45. The van der Waals surface area contributed by atoms with Crippen LogP contribution in [0, 0.1) is 13.8 Å². The second-order valence-electron chi connectivity index (χ2n) is 5.74. The number of nitrogens with zero attached hydrogens (tertiary/aromatic N) is 1. The summed E-state index contributed by atoms with van der Waals surface area (Å²) in [6.07, 6.45) is 1.19. The molecule has 0 bridgehead atoms. The summed E-state index contributed by atoms with van der Waals surface area (Å²) < 4.78 is 5.58. The van der Waals surface area contributed by atoms with Crippen LogP contribution in [0.5, 0.6) is 5.75 Å². The molecule has 1 aromatic carbocycles. The van der Waals surface area contributed by atoms with Crippen LogP contribution in [0.4, 0.5) is 0 Å². The van der Waals surface area contributed by atoms with Gasteiger partial charge in [-0.15, -0.1) is 0 Å². The van der Waals surface area contributed by atoms with Gasteiger partial charge >= 0.3 is 0 Å². The number of hydrogen-bond donors (Lipinski definition) is 1. The average Bonchev–Trinajstić information content (AvgIpc) is 2.74. The fourth-order valence-electron chi connectivity index (χ4n) is 3.11. The summed E-state index contributed by atoms with van der Waals surface area (Å²) in [5, 5.41) is 0. The molecule has 3 heteroatoms. The lowest BCUT2D eigenvalue weighted by atomic mass is 9.92. The first-order chi connectivity index (χ1) is 9.06. The van der Waals surface area contributed by atoms with E-state index in [2.05, 4.69) is 37.8 Å². The molecule has 1 heterocycles. The van der Waals surface area contributed by atoms with Gasteiger partial charge in [0, 0.05) is 31.6 Å². The molecule has 1 fully saturated rings. The highest BCUT2D eigenvalue weighted by Gasteiger charge is 2.31. The number of likely N-dealkylation sites (tertiary alicyclic amines) is 1. The molecule has 0 radical (unpaired) electrons. The Balaban J connectivity index is 2.25. The van der Waals surface area contributed by atoms with Crippen LogP contribution in [0.15, 0.2) is 12.1 Å². The van der Waals surface area contributed by atoms with Gasteiger partial charge in [-0.05, 0) is 49.9 Å². The molecular weight excluding hydrogens is 236 g/mol. The van der Waals surface area contributed by atoms with Gasteiger partial charge < -0.3 is 10.5 Å². The topological polar surface area (TPSA) is 38.5 Å². The van der Waals surface area contributed by atoms with Gasteiger partial charge in [-0.1, -0.05) is 6.07 Å². The van der Waals surface area contributed by atoms with Crippen molar-refractivity contribution < 1.29 is 4.74 Å². The number of hydrogen-bond acceptors (Lipinski definition) is 3. The van der Waals surface area contributed by atoms with Crippen LogP contribution in [-0.4, -0.2) is 37.7 Å². The summed E-state index contributed by atoms with van der Waals surface area (Å²) in [5.74, 6) is 1.60. The first-order valence-corrected chi connectivity index (χ1v) is 7.16. The Labute approximate surface area is 116 Å². The van der Waals surface area contributed by atoms with Gasteiger partial charge in [-0.3, -0.25) is 4.90 Å². The van der Waals surface area contributed by atoms with Crippen LogP contribution in [0.25, 0.3) is 0 Å². The molecule has 0 saturated carbocycles. The van der Waals surface area contributed by atoms with Gasteiger partial charge in [0.15, 0.2) is 0 Å². The molecule has 0 aliphatic carbocycles. The zero-order valence-electron chi connectivity index (χ0n) is 12.6. The van der Waals surface area contributed by atoms with E-state index in [1.807, 2.05) is 0 Å². The van der Waals surface area contributed by atoms with Crippen molar-refractivity contribution in [2.75, 3.05) is 26.7 Å². The molecule has 3 nitrogen and oxygen atoms in total. The maximum atomic E-state index is 5.69. The van der Waals surface area contributed by atoms with E-state index < -0.39 is 0 Å². The summed E-state index contributed by atoms with van der Waals surface area (Å²) >= 11 is 0. The fraction of sp³-hybridized carbons (Fsp3) is 0.625. The van der Waals surface area contributed by atoms with Crippen molar-refractivity contribution >= 4 is 0 Å². The minimum atomic E-state index is 0.566. The third kappa shape index (κ3) is 2.93. The van der Waals surface area contributed by atoms with Gasteiger partial charge in [-0.25, -0.2) is 0 Å². The molecule has 2 rings (SSSR count). The number of rotatable bonds is 4. The van der Waals surface area contributed by atoms with Gasteiger partial charge in [-0.2, -0.15) is 0 Å². The first kappa shape index (κ1) is 14.4. The number of ether oxygens (including phenoxy) is 1. The molecule has 2 N–H and O–H groups in total. The zero-order valence-corrected chi connectivity index (χ0v) is 12.6. The molecule has 0 spiro atoms. The van der Waals surface area contributed by atoms with Crippen LogP contribution in [0.1, 0.15) is 36.0 Å². The molecule has 2 atom stereocenters. The maximum absolute atomic E-state index is 5.69. The summed E-state index contributed by atoms with van der Waals surface area (Å²) in [5.41, 5.74) is 9.69. The minimum absolute atomic E-state index is 0.566. The second kappa shape index (κ2) is 5.93. The number of aryl methyl sites for hydroxylation is 2. The van der Waals surface area contributed by atoms with Gasteiger partial charge in [0.1, 0.15) is 5.75 Å². The standard InChI is InChI=1S/C16H26N2O/c1-11-7-15(16(19-4)8-12(11)2)14-9-13(3)18(10-14)6-5-17/h7-8,13-14H,5-6,9-10,17H2,1-4H3. The Morgan fingerprint density at radius 1 is 1.32 bits per heavy atom. The highest BCUT2D eigenvalue weighted by atomic mass is 16.5. The molecule has 1 aliphatic rings. The van der Waals surface area contributed by atoms with Crippen LogP contribution in [-0.2, 0) is 0 Å². The van der Waals surface area contributed by atoms with E-state index in [9.17, 15) is 0 Å².